The summed E-state index contributed by atoms with van der Waals surface area (Å²) in [5.74, 6) is 0.0653. The van der Waals surface area contributed by atoms with Gasteiger partial charge < -0.3 is 4.42 Å². The number of amides is 1. The number of sulfonamides is 1. The molecule has 0 saturated carbocycles. The molecule has 0 spiro atoms. The highest BCUT2D eigenvalue weighted by molar-refractivity contribution is 7.90. The van der Waals surface area contributed by atoms with Gasteiger partial charge in [-0.15, -0.1) is 0 Å². The van der Waals surface area contributed by atoms with Crippen LogP contribution in [0.15, 0.2) is 51.8 Å². The molecular formula is C14H12N2O6S. The highest BCUT2D eigenvalue weighted by Gasteiger charge is 2.26. The lowest BCUT2D eigenvalue weighted by molar-refractivity contribution is -0.387. The highest BCUT2D eigenvalue weighted by Crippen LogP contribution is 2.22. The number of hydrogen-bond acceptors (Lipinski definition) is 6. The van der Waals surface area contributed by atoms with Gasteiger partial charge in [-0.3, -0.25) is 14.9 Å². The van der Waals surface area contributed by atoms with Crippen LogP contribution in [0.5, 0.6) is 0 Å². The summed E-state index contributed by atoms with van der Waals surface area (Å²) in [5.41, 5.74) is -0.613. The Morgan fingerprint density at radius 3 is 2.57 bits per heavy atom. The van der Waals surface area contributed by atoms with Crippen LogP contribution < -0.4 is 4.72 Å². The number of benzene rings is 1. The molecule has 9 heteroatoms. The van der Waals surface area contributed by atoms with Gasteiger partial charge in [0.2, 0.25) is 0 Å². The number of hydrogen-bond donors (Lipinski definition) is 1. The van der Waals surface area contributed by atoms with Gasteiger partial charge in [0.1, 0.15) is 11.5 Å². The molecule has 1 amide bonds. The number of rotatable bonds is 5. The molecule has 0 saturated heterocycles. The van der Waals surface area contributed by atoms with Crippen molar-refractivity contribution < 1.29 is 22.6 Å². The Hall–Kier alpha value is -2.94. The molecule has 1 N–H and O–H groups in total. The molecule has 0 fully saturated rings. The van der Waals surface area contributed by atoms with E-state index in [0.717, 1.165) is 18.2 Å². The monoisotopic (exact) mass is 336 g/mol. The van der Waals surface area contributed by atoms with Crippen molar-refractivity contribution in [1.29, 1.82) is 0 Å². The van der Waals surface area contributed by atoms with Crippen molar-refractivity contribution >= 4 is 27.7 Å². The van der Waals surface area contributed by atoms with Crippen LogP contribution in [-0.2, 0) is 14.8 Å². The quantitative estimate of drug-likeness (QED) is 0.507. The van der Waals surface area contributed by atoms with Gasteiger partial charge in [0.25, 0.3) is 21.6 Å². The van der Waals surface area contributed by atoms with Gasteiger partial charge in [0.05, 0.1) is 4.92 Å². The van der Waals surface area contributed by atoms with E-state index >= 15 is 0 Å². The van der Waals surface area contributed by atoms with E-state index in [9.17, 15) is 23.3 Å². The number of nitrogens with one attached hydrogen (secondary N) is 1. The van der Waals surface area contributed by atoms with E-state index in [4.69, 9.17) is 4.42 Å². The largest absolute Gasteiger partial charge is 0.462 e. The van der Waals surface area contributed by atoms with Crippen LogP contribution in [0.25, 0.3) is 6.08 Å². The van der Waals surface area contributed by atoms with Gasteiger partial charge in [-0.2, -0.15) is 0 Å². The topological polar surface area (TPSA) is 120 Å². The zero-order valence-electron chi connectivity index (χ0n) is 11.9. The van der Waals surface area contributed by atoms with Crippen LogP contribution in [0.4, 0.5) is 5.69 Å². The average Bonchev–Trinajstić information content (AvgIpc) is 2.90. The van der Waals surface area contributed by atoms with Gasteiger partial charge in [-0.1, -0.05) is 12.1 Å². The number of furan rings is 1. The second kappa shape index (κ2) is 6.44. The lowest BCUT2D eigenvalue weighted by Crippen LogP contribution is -2.29. The van der Waals surface area contributed by atoms with Crippen molar-refractivity contribution in [3.63, 3.8) is 0 Å². The Labute approximate surface area is 131 Å². The molecule has 1 aromatic heterocycles. The molecule has 8 nitrogen and oxygen atoms in total. The van der Waals surface area contributed by atoms with E-state index in [1.54, 1.807) is 23.8 Å². The minimum absolute atomic E-state index is 0.376. The zero-order valence-corrected chi connectivity index (χ0v) is 12.7. The number of carbonyl (C=O) groups excluding carboxylic acids is 1. The number of nitro benzene ring substituents is 1. The summed E-state index contributed by atoms with van der Waals surface area (Å²) in [5, 5.41) is 10.9. The number of aryl methyl sites for hydroxylation is 1. The van der Waals surface area contributed by atoms with Crippen LogP contribution in [0, 0.1) is 17.0 Å². The molecule has 2 aromatic rings. The average molecular weight is 336 g/mol. The van der Waals surface area contributed by atoms with E-state index in [2.05, 4.69) is 0 Å². The normalized spacial score (nSPS) is 11.5. The molecule has 0 unspecified atom stereocenters. The van der Waals surface area contributed by atoms with Crippen molar-refractivity contribution in [2.45, 2.75) is 11.8 Å². The second-order valence-electron chi connectivity index (χ2n) is 4.48. The Balaban J connectivity index is 2.20. The molecule has 2 rings (SSSR count). The molecule has 1 aromatic carbocycles. The van der Waals surface area contributed by atoms with Crippen LogP contribution >= 0.6 is 0 Å². The summed E-state index contributed by atoms with van der Waals surface area (Å²) in [7, 11) is -4.36. The van der Waals surface area contributed by atoms with Gasteiger partial charge in [0, 0.05) is 12.1 Å². The first kappa shape index (κ1) is 16.4. The molecule has 0 aliphatic heterocycles. The molecule has 1 heterocycles. The van der Waals surface area contributed by atoms with Crippen molar-refractivity contribution in [3.05, 3.63) is 64.1 Å². The number of nitrogens with zero attached hydrogens (tertiary/aromatic N) is 1. The molecule has 0 atom stereocenters. The second-order valence-corrected chi connectivity index (χ2v) is 6.13. The van der Waals surface area contributed by atoms with Crippen molar-refractivity contribution in [1.82, 2.24) is 4.72 Å². The molecule has 0 aliphatic carbocycles. The highest BCUT2D eigenvalue weighted by atomic mass is 32.2. The first-order chi connectivity index (χ1) is 10.8. The predicted molar refractivity (Wildman–Crippen MR) is 80.9 cm³/mol. The van der Waals surface area contributed by atoms with Gasteiger partial charge >= 0.3 is 0 Å². The minimum Gasteiger partial charge on any atom is -0.462 e. The Morgan fingerprint density at radius 2 is 1.96 bits per heavy atom. The lowest BCUT2D eigenvalue weighted by Gasteiger charge is -2.05. The number of nitro groups is 1. The van der Waals surface area contributed by atoms with Crippen LogP contribution in [0.1, 0.15) is 11.5 Å². The fraction of sp³-hybridized carbons (Fsp3) is 0.0714. The van der Waals surface area contributed by atoms with Crippen molar-refractivity contribution in [2.75, 3.05) is 0 Å². The first-order valence-electron chi connectivity index (χ1n) is 6.34. The number of carbonyl (C=O) groups is 1. The third-order valence-electron chi connectivity index (χ3n) is 2.75. The Kier molecular flexibility index (Phi) is 4.60. The molecule has 0 bridgehead atoms. The SMILES string of the molecule is Cc1ccc(/C=C/C(=O)NS(=O)(=O)c2ccccc2[N+](=O)[O-])o1. The van der Waals surface area contributed by atoms with Gasteiger partial charge in [0.15, 0.2) is 4.90 Å². The maximum absolute atomic E-state index is 12.1. The standard InChI is InChI=1S/C14H12N2O6S/c1-10-6-7-11(22-10)8-9-14(17)15-23(20,21)13-5-3-2-4-12(13)16(18)19/h2-9H,1H3,(H,15,17)/b9-8+. The Morgan fingerprint density at radius 1 is 1.26 bits per heavy atom. The van der Waals surface area contributed by atoms with E-state index in [1.807, 2.05) is 0 Å². The fourth-order valence-corrected chi connectivity index (χ4v) is 2.88. The van der Waals surface area contributed by atoms with Crippen LogP contribution in [0.3, 0.4) is 0 Å². The minimum atomic E-state index is -4.36. The summed E-state index contributed by atoms with van der Waals surface area (Å²) in [6.07, 6.45) is 2.25. The molecule has 120 valence electrons. The summed E-state index contributed by atoms with van der Waals surface area (Å²) in [6, 6.07) is 8.04. The van der Waals surface area contributed by atoms with Crippen LogP contribution in [-0.4, -0.2) is 19.2 Å². The third kappa shape index (κ3) is 4.04. The van der Waals surface area contributed by atoms with Gasteiger partial charge in [-0.25, -0.2) is 13.1 Å². The van der Waals surface area contributed by atoms with E-state index in [1.165, 1.54) is 18.2 Å². The van der Waals surface area contributed by atoms with E-state index < -0.39 is 31.4 Å². The molecule has 0 aliphatic rings. The summed E-state index contributed by atoms with van der Waals surface area (Å²) in [4.78, 5) is 21.2. The Bertz CT molecular complexity index is 882. The molecule has 23 heavy (non-hydrogen) atoms. The number of para-hydroxylation sites is 1. The van der Waals surface area contributed by atoms with Crippen LogP contribution in [0.2, 0.25) is 0 Å². The lowest BCUT2D eigenvalue weighted by atomic mass is 10.3. The fourth-order valence-electron chi connectivity index (χ4n) is 1.76. The van der Waals surface area contributed by atoms with Crippen molar-refractivity contribution in [2.24, 2.45) is 0 Å². The zero-order chi connectivity index (χ0) is 17.0. The van der Waals surface area contributed by atoms with Gasteiger partial charge in [-0.05, 0) is 31.2 Å². The van der Waals surface area contributed by atoms with E-state index in [-0.39, 0.29) is 0 Å². The maximum Gasteiger partial charge on any atom is 0.289 e. The van der Waals surface area contributed by atoms with E-state index in [0.29, 0.717) is 11.5 Å². The van der Waals surface area contributed by atoms with Crippen molar-refractivity contribution in [3.8, 4) is 0 Å². The maximum atomic E-state index is 12.1. The summed E-state index contributed by atoms with van der Waals surface area (Å²) in [6.45, 7) is 1.72. The third-order valence-corrected chi connectivity index (χ3v) is 4.14. The predicted octanol–water partition coefficient (Wildman–Crippen LogP) is 2.01. The summed E-state index contributed by atoms with van der Waals surface area (Å²) < 4.78 is 31.1. The molecule has 0 radical (unpaired) electrons. The summed E-state index contributed by atoms with van der Waals surface area (Å²) >= 11 is 0. The smallest absolute Gasteiger partial charge is 0.289 e. The molecular weight excluding hydrogens is 324 g/mol. The first-order valence-corrected chi connectivity index (χ1v) is 7.82.